The van der Waals surface area contributed by atoms with Gasteiger partial charge >= 0.3 is 5.97 Å². The Kier molecular flexibility index (Phi) is 3.25. The van der Waals surface area contributed by atoms with Crippen LogP contribution in [-0.2, 0) is 11.2 Å². The maximum Gasteiger partial charge on any atom is 0.303 e. The average molecular weight is 220 g/mol. The van der Waals surface area contributed by atoms with Crippen LogP contribution >= 0.6 is 0 Å². The molecule has 0 saturated heterocycles. The summed E-state index contributed by atoms with van der Waals surface area (Å²) in [5.41, 5.74) is 2.17. The van der Waals surface area contributed by atoms with Gasteiger partial charge in [0.1, 0.15) is 0 Å². The predicted octanol–water partition coefficient (Wildman–Crippen LogP) is 2.15. The van der Waals surface area contributed by atoms with E-state index in [1.54, 1.807) is 0 Å². The first kappa shape index (κ1) is 11.1. The molecule has 3 heteroatoms. The number of rotatable bonds is 3. The van der Waals surface area contributed by atoms with E-state index >= 15 is 0 Å². The van der Waals surface area contributed by atoms with Crippen molar-refractivity contribution in [3.05, 3.63) is 35.4 Å². The van der Waals surface area contributed by atoms with Gasteiger partial charge in [0.05, 0.1) is 6.10 Å². The molecule has 0 amide bonds. The Morgan fingerprint density at radius 2 is 2.12 bits per heavy atom. The number of aliphatic hydroxyl groups excluding tert-OH is 1. The maximum absolute atomic E-state index is 10.5. The monoisotopic (exact) mass is 220 g/mol. The van der Waals surface area contributed by atoms with Gasteiger partial charge in [-0.15, -0.1) is 0 Å². The molecule has 1 aliphatic rings. The Labute approximate surface area is 94.7 Å². The molecule has 2 N–H and O–H groups in total. The summed E-state index contributed by atoms with van der Waals surface area (Å²) in [6.45, 7) is 0. The van der Waals surface area contributed by atoms with E-state index in [0.717, 1.165) is 18.4 Å². The van der Waals surface area contributed by atoms with Gasteiger partial charge in [0.25, 0.3) is 0 Å². The predicted molar refractivity (Wildman–Crippen MR) is 60.1 cm³/mol. The van der Waals surface area contributed by atoms with Crippen LogP contribution in [0.5, 0.6) is 0 Å². The smallest absolute Gasteiger partial charge is 0.303 e. The van der Waals surface area contributed by atoms with Gasteiger partial charge in [0.2, 0.25) is 0 Å². The minimum atomic E-state index is -0.786. The van der Waals surface area contributed by atoms with Gasteiger partial charge in [-0.1, -0.05) is 24.3 Å². The van der Waals surface area contributed by atoms with Crippen LogP contribution in [0, 0.1) is 5.92 Å². The minimum Gasteiger partial charge on any atom is -0.481 e. The van der Waals surface area contributed by atoms with E-state index in [9.17, 15) is 9.90 Å². The van der Waals surface area contributed by atoms with Gasteiger partial charge in [-0.2, -0.15) is 0 Å². The minimum absolute atomic E-state index is 0.0889. The van der Waals surface area contributed by atoms with Crippen LogP contribution in [0.4, 0.5) is 0 Å². The van der Waals surface area contributed by atoms with Crippen molar-refractivity contribution in [3.8, 4) is 0 Å². The molecule has 1 aliphatic carbocycles. The fraction of sp³-hybridized carbons (Fsp3) is 0.462. The Morgan fingerprint density at radius 3 is 2.88 bits per heavy atom. The van der Waals surface area contributed by atoms with Gasteiger partial charge in [-0.05, 0) is 36.3 Å². The molecule has 16 heavy (non-hydrogen) atoms. The second-order valence-electron chi connectivity index (χ2n) is 4.37. The highest BCUT2D eigenvalue weighted by Gasteiger charge is 2.27. The third-order valence-corrected chi connectivity index (χ3v) is 3.33. The lowest BCUT2D eigenvalue weighted by Gasteiger charge is -2.29. The zero-order chi connectivity index (χ0) is 11.5. The van der Waals surface area contributed by atoms with Crippen molar-refractivity contribution in [1.82, 2.24) is 0 Å². The van der Waals surface area contributed by atoms with Crippen LogP contribution in [0.2, 0.25) is 0 Å². The van der Waals surface area contributed by atoms with Crippen molar-refractivity contribution in [1.29, 1.82) is 0 Å². The molecule has 0 bridgehead atoms. The molecule has 2 rings (SSSR count). The molecule has 0 fully saturated rings. The summed E-state index contributed by atoms with van der Waals surface area (Å²) >= 11 is 0. The quantitative estimate of drug-likeness (QED) is 0.820. The number of hydrogen-bond donors (Lipinski definition) is 2. The number of carbonyl (C=O) groups is 1. The number of carboxylic acids is 1. The number of aryl methyl sites for hydroxylation is 1. The normalized spacial score (nSPS) is 23.8. The van der Waals surface area contributed by atoms with E-state index in [2.05, 4.69) is 0 Å². The molecule has 0 spiro atoms. The topological polar surface area (TPSA) is 57.5 Å². The molecule has 2 atom stereocenters. The Bertz CT molecular complexity index is 387. The third-order valence-electron chi connectivity index (χ3n) is 3.33. The highest BCUT2D eigenvalue weighted by molar-refractivity contribution is 5.66. The molecule has 0 radical (unpaired) electrons. The summed E-state index contributed by atoms with van der Waals surface area (Å²) in [7, 11) is 0. The summed E-state index contributed by atoms with van der Waals surface area (Å²) in [6, 6.07) is 7.86. The Hall–Kier alpha value is -1.35. The van der Waals surface area contributed by atoms with E-state index in [1.807, 2.05) is 24.3 Å². The Balaban J connectivity index is 2.09. The first-order valence-electron chi connectivity index (χ1n) is 5.66. The molecule has 1 aromatic carbocycles. The van der Waals surface area contributed by atoms with Crippen molar-refractivity contribution in [2.75, 3.05) is 0 Å². The zero-order valence-electron chi connectivity index (χ0n) is 9.10. The molecule has 3 nitrogen and oxygen atoms in total. The van der Waals surface area contributed by atoms with Crippen LogP contribution in [-0.4, -0.2) is 16.2 Å². The lowest BCUT2D eigenvalue weighted by molar-refractivity contribution is -0.137. The first-order valence-corrected chi connectivity index (χ1v) is 5.66. The molecule has 0 aromatic heterocycles. The SMILES string of the molecule is O=C(O)CCC1CCc2ccccc2C1O. The summed E-state index contributed by atoms with van der Waals surface area (Å²) in [6.07, 6.45) is 2.03. The zero-order valence-corrected chi connectivity index (χ0v) is 9.10. The maximum atomic E-state index is 10.5. The van der Waals surface area contributed by atoms with Crippen molar-refractivity contribution in [3.63, 3.8) is 0 Å². The second kappa shape index (κ2) is 4.66. The average Bonchev–Trinajstić information content (AvgIpc) is 2.28. The van der Waals surface area contributed by atoms with Crippen LogP contribution in [0.3, 0.4) is 0 Å². The van der Waals surface area contributed by atoms with Gasteiger partial charge in [0, 0.05) is 6.42 Å². The summed E-state index contributed by atoms with van der Waals surface area (Å²) in [5, 5.41) is 18.8. The van der Waals surface area contributed by atoms with Gasteiger partial charge in [-0.25, -0.2) is 0 Å². The number of benzene rings is 1. The van der Waals surface area contributed by atoms with E-state index < -0.39 is 12.1 Å². The van der Waals surface area contributed by atoms with Crippen molar-refractivity contribution in [2.45, 2.75) is 31.8 Å². The molecule has 1 aromatic rings. The largest absolute Gasteiger partial charge is 0.481 e. The van der Waals surface area contributed by atoms with E-state index in [0.29, 0.717) is 6.42 Å². The molecule has 0 heterocycles. The number of aliphatic hydroxyl groups is 1. The van der Waals surface area contributed by atoms with Crippen LogP contribution in [0.25, 0.3) is 0 Å². The fourth-order valence-electron chi connectivity index (χ4n) is 2.41. The Morgan fingerprint density at radius 1 is 1.38 bits per heavy atom. The van der Waals surface area contributed by atoms with E-state index in [-0.39, 0.29) is 12.3 Å². The number of carboxylic acid groups (broad SMARTS) is 1. The number of hydrogen-bond acceptors (Lipinski definition) is 2. The molecular weight excluding hydrogens is 204 g/mol. The summed E-state index contributed by atoms with van der Waals surface area (Å²) in [5.74, 6) is -0.697. The highest BCUT2D eigenvalue weighted by atomic mass is 16.4. The summed E-state index contributed by atoms with van der Waals surface area (Å²) < 4.78 is 0. The molecule has 0 saturated carbocycles. The van der Waals surface area contributed by atoms with Gasteiger partial charge < -0.3 is 10.2 Å². The number of fused-ring (bicyclic) bond motifs is 1. The van der Waals surface area contributed by atoms with E-state index in [1.165, 1.54) is 5.56 Å². The fourth-order valence-corrected chi connectivity index (χ4v) is 2.41. The molecule has 86 valence electrons. The summed E-state index contributed by atoms with van der Waals surface area (Å²) in [4.78, 5) is 10.5. The van der Waals surface area contributed by atoms with Crippen LogP contribution < -0.4 is 0 Å². The van der Waals surface area contributed by atoms with Crippen LogP contribution in [0.15, 0.2) is 24.3 Å². The van der Waals surface area contributed by atoms with Gasteiger partial charge in [-0.3, -0.25) is 4.79 Å². The van der Waals surface area contributed by atoms with Crippen molar-refractivity contribution in [2.24, 2.45) is 5.92 Å². The van der Waals surface area contributed by atoms with Crippen LogP contribution in [0.1, 0.15) is 36.5 Å². The molecular formula is C13H16O3. The lowest BCUT2D eigenvalue weighted by atomic mass is 9.79. The molecule has 2 unspecified atom stereocenters. The standard InChI is InChI=1S/C13H16O3/c14-12(15)8-7-10-6-5-9-3-1-2-4-11(9)13(10)16/h1-4,10,13,16H,5-8H2,(H,14,15). The number of aliphatic carboxylic acids is 1. The van der Waals surface area contributed by atoms with E-state index in [4.69, 9.17) is 5.11 Å². The van der Waals surface area contributed by atoms with Crippen molar-refractivity contribution < 1.29 is 15.0 Å². The van der Waals surface area contributed by atoms with Gasteiger partial charge in [0.15, 0.2) is 0 Å². The second-order valence-corrected chi connectivity index (χ2v) is 4.37. The molecule has 0 aliphatic heterocycles. The highest BCUT2D eigenvalue weighted by Crippen LogP contribution is 2.36. The first-order chi connectivity index (χ1) is 7.68. The third kappa shape index (κ3) is 2.25. The lowest BCUT2D eigenvalue weighted by Crippen LogP contribution is -2.21. The van der Waals surface area contributed by atoms with Crippen molar-refractivity contribution >= 4 is 5.97 Å².